The van der Waals surface area contributed by atoms with Crippen LogP contribution in [0.15, 0.2) is 30.3 Å². The summed E-state index contributed by atoms with van der Waals surface area (Å²) >= 11 is 0. The van der Waals surface area contributed by atoms with Crippen molar-refractivity contribution in [2.75, 3.05) is 19.8 Å². The highest BCUT2D eigenvalue weighted by molar-refractivity contribution is 5.13. The topological polar surface area (TPSA) is 50.7 Å². The van der Waals surface area contributed by atoms with Gasteiger partial charge in [0.15, 0.2) is 0 Å². The highest BCUT2D eigenvalue weighted by Crippen LogP contribution is 2.03. The number of hydrogen-bond acceptors (Lipinski definition) is 4. The van der Waals surface area contributed by atoms with E-state index in [1.807, 2.05) is 30.3 Å². The second-order valence-corrected chi connectivity index (χ2v) is 5.39. The molecule has 1 aromatic carbocycles. The summed E-state index contributed by atoms with van der Waals surface area (Å²) in [6.07, 6.45) is 1.67. The molecule has 0 aliphatic heterocycles. The Morgan fingerprint density at radius 3 is 2.65 bits per heavy atom. The van der Waals surface area contributed by atoms with Crippen molar-refractivity contribution in [2.24, 2.45) is 5.92 Å². The number of nitrogens with one attached hydrogen (secondary N) is 1. The predicted molar refractivity (Wildman–Crippen MR) is 80.1 cm³/mol. The van der Waals surface area contributed by atoms with E-state index in [9.17, 15) is 5.11 Å². The Bertz CT molecular complexity index is 330. The van der Waals surface area contributed by atoms with Crippen LogP contribution in [0.2, 0.25) is 0 Å². The highest BCUT2D eigenvalue weighted by atomic mass is 16.6. The van der Waals surface area contributed by atoms with Gasteiger partial charge in [-0.3, -0.25) is 4.84 Å². The molecule has 1 unspecified atom stereocenters. The zero-order chi connectivity index (χ0) is 14.6. The molecule has 1 aromatic rings. The maximum absolute atomic E-state index is 9.69. The lowest BCUT2D eigenvalue weighted by Crippen LogP contribution is -2.30. The summed E-state index contributed by atoms with van der Waals surface area (Å²) in [4.78, 5) is 5.28. The van der Waals surface area contributed by atoms with Gasteiger partial charge in [0, 0.05) is 13.2 Å². The van der Waals surface area contributed by atoms with Crippen molar-refractivity contribution in [1.29, 1.82) is 0 Å². The van der Waals surface area contributed by atoms with Crippen molar-refractivity contribution >= 4 is 0 Å². The zero-order valence-electron chi connectivity index (χ0n) is 12.5. The molecular weight excluding hydrogens is 254 g/mol. The minimum atomic E-state index is -0.537. The third-order valence-corrected chi connectivity index (χ3v) is 2.88. The Morgan fingerprint density at radius 2 is 1.95 bits per heavy atom. The van der Waals surface area contributed by atoms with Gasteiger partial charge in [0.05, 0.1) is 19.3 Å². The van der Waals surface area contributed by atoms with Crippen LogP contribution in [0.5, 0.6) is 0 Å². The van der Waals surface area contributed by atoms with Gasteiger partial charge in [-0.05, 0) is 24.3 Å². The van der Waals surface area contributed by atoms with E-state index < -0.39 is 6.10 Å². The Hall–Kier alpha value is -0.940. The number of rotatable bonds is 11. The van der Waals surface area contributed by atoms with Crippen LogP contribution in [-0.4, -0.2) is 31.0 Å². The standard InChI is InChI=1S/C16H27NO3/c1-14(2)7-6-10-19-13-16(18)11-17-20-12-15-8-4-3-5-9-15/h3-5,8-9,14,16-18H,6-7,10-13H2,1-2H3. The van der Waals surface area contributed by atoms with Crippen LogP contribution in [-0.2, 0) is 16.2 Å². The molecule has 0 bridgehead atoms. The Morgan fingerprint density at radius 1 is 1.20 bits per heavy atom. The molecular formula is C16H27NO3. The van der Waals surface area contributed by atoms with E-state index in [4.69, 9.17) is 9.57 Å². The lowest BCUT2D eigenvalue weighted by molar-refractivity contribution is -0.0222. The monoisotopic (exact) mass is 281 g/mol. The van der Waals surface area contributed by atoms with Crippen LogP contribution < -0.4 is 5.48 Å². The fraction of sp³-hybridized carbons (Fsp3) is 0.625. The normalized spacial score (nSPS) is 12.8. The van der Waals surface area contributed by atoms with E-state index in [0.717, 1.165) is 18.4 Å². The van der Waals surface area contributed by atoms with Gasteiger partial charge in [0.25, 0.3) is 0 Å². The number of aliphatic hydroxyl groups excluding tert-OH is 1. The summed E-state index contributed by atoms with van der Waals surface area (Å²) in [6, 6.07) is 9.90. The molecule has 114 valence electrons. The quantitative estimate of drug-likeness (QED) is 0.483. The van der Waals surface area contributed by atoms with Crippen LogP contribution in [0, 0.1) is 5.92 Å². The van der Waals surface area contributed by atoms with Gasteiger partial charge in [-0.15, -0.1) is 0 Å². The van der Waals surface area contributed by atoms with E-state index in [-0.39, 0.29) is 0 Å². The van der Waals surface area contributed by atoms with Gasteiger partial charge in [0.1, 0.15) is 0 Å². The Labute approximate surface area is 122 Å². The maximum atomic E-state index is 9.69. The van der Waals surface area contributed by atoms with Crippen LogP contribution in [0.4, 0.5) is 0 Å². The number of hydrogen-bond donors (Lipinski definition) is 2. The molecule has 0 saturated heterocycles. The van der Waals surface area contributed by atoms with Gasteiger partial charge < -0.3 is 9.84 Å². The summed E-state index contributed by atoms with van der Waals surface area (Å²) in [6.45, 7) is 6.31. The average molecular weight is 281 g/mol. The first-order chi connectivity index (χ1) is 9.68. The lowest BCUT2D eigenvalue weighted by atomic mass is 10.1. The van der Waals surface area contributed by atoms with Crippen LogP contribution in [0.3, 0.4) is 0 Å². The van der Waals surface area contributed by atoms with Crippen molar-refractivity contribution in [2.45, 2.75) is 39.4 Å². The molecule has 0 amide bonds. The summed E-state index contributed by atoms with van der Waals surface area (Å²) in [5, 5.41) is 9.69. The summed E-state index contributed by atoms with van der Waals surface area (Å²) in [7, 11) is 0. The molecule has 0 aliphatic carbocycles. The number of benzene rings is 1. The smallest absolute Gasteiger partial charge is 0.0933 e. The zero-order valence-corrected chi connectivity index (χ0v) is 12.5. The van der Waals surface area contributed by atoms with E-state index in [0.29, 0.717) is 32.3 Å². The Balaban J connectivity index is 1.93. The number of aliphatic hydroxyl groups is 1. The molecule has 0 radical (unpaired) electrons. The van der Waals surface area contributed by atoms with Gasteiger partial charge in [-0.2, -0.15) is 5.48 Å². The minimum Gasteiger partial charge on any atom is -0.389 e. The van der Waals surface area contributed by atoms with Crippen molar-refractivity contribution in [3.63, 3.8) is 0 Å². The molecule has 1 atom stereocenters. The number of ether oxygens (including phenoxy) is 1. The molecule has 2 N–H and O–H groups in total. The summed E-state index contributed by atoms with van der Waals surface area (Å²) in [5.41, 5.74) is 3.86. The second-order valence-electron chi connectivity index (χ2n) is 5.39. The van der Waals surface area contributed by atoms with Crippen molar-refractivity contribution in [3.05, 3.63) is 35.9 Å². The molecule has 0 aromatic heterocycles. The summed E-state index contributed by atoms with van der Waals surface area (Å²) in [5.74, 6) is 0.705. The predicted octanol–water partition coefficient (Wildman–Crippen LogP) is 2.52. The minimum absolute atomic E-state index is 0.347. The van der Waals surface area contributed by atoms with Gasteiger partial charge in [-0.25, -0.2) is 0 Å². The van der Waals surface area contributed by atoms with Gasteiger partial charge in [0.2, 0.25) is 0 Å². The maximum Gasteiger partial charge on any atom is 0.0933 e. The molecule has 0 aliphatic rings. The van der Waals surface area contributed by atoms with E-state index in [2.05, 4.69) is 19.3 Å². The number of hydroxylamine groups is 1. The Kier molecular flexibility index (Phi) is 9.24. The van der Waals surface area contributed by atoms with Crippen LogP contribution in [0.25, 0.3) is 0 Å². The second kappa shape index (κ2) is 10.8. The molecule has 0 saturated carbocycles. The van der Waals surface area contributed by atoms with Crippen molar-refractivity contribution in [3.8, 4) is 0 Å². The molecule has 20 heavy (non-hydrogen) atoms. The van der Waals surface area contributed by atoms with E-state index >= 15 is 0 Å². The lowest BCUT2D eigenvalue weighted by Gasteiger charge is -2.13. The van der Waals surface area contributed by atoms with Crippen molar-refractivity contribution < 1.29 is 14.7 Å². The molecule has 0 fully saturated rings. The first-order valence-corrected chi connectivity index (χ1v) is 7.33. The van der Waals surface area contributed by atoms with E-state index in [1.54, 1.807) is 0 Å². The largest absolute Gasteiger partial charge is 0.389 e. The van der Waals surface area contributed by atoms with Gasteiger partial charge >= 0.3 is 0 Å². The molecule has 0 heterocycles. The molecule has 4 nitrogen and oxygen atoms in total. The highest BCUT2D eigenvalue weighted by Gasteiger charge is 2.04. The van der Waals surface area contributed by atoms with Crippen LogP contribution in [0.1, 0.15) is 32.3 Å². The first kappa shape index (κ1) is 17.1. The first-order valence-electron chi connectivity index (χ1n) is 7.33. The molecule has 0 spiro atoms. The molecule has 1 rings (SSSR count). The average Bonchev–Trinajstić information content (AvgIpc) is 2.44. The molecule has 4 heteroatoms. The summed E-state index contributed by atoms with van der Waals surface area (Å²) < 4.78 is 5.42. The fourth-order valence-electron chi connectivity index (χ4n) is 1.74. The fourth-order valence-corrected chi connectivity index (χ4v) is 1.74. The third kappa shape index (κ3) is 9.04. The van der Waals surface area contributed by atoms with Gasteiger partial charge in [-0.1, -0.05) is 44.2 Å². The van der Waals surface area contributed by atoms with Crippen molar-refractivity contribution in [1.82, 2.24) is 5.48 Å². The third-order valence-electron chi connectivity index (χ3n) is 2.88. The SMILES string of the molecule is CC(C)CCCOCC(O)CNOCc1ccccc1. The van der Waals surface area contributed by atoms with Crippen LogP contribution >= 0.6 is 0 Å². The van der Waals surface area contributed by atoms with E-state index in [1.165, 1.54) is 0 Å².